The summed E-state index contributed by atoms with van der Waals surface area (Å²) in [7, 11) is -2.56. The highest BCUT2D eigenvalue weighted by Gasteiger charge is 2.34. The number of rotatable bonds is 9. The third-order valence-electron chi connectivity index (χ3n) is 5.34. The van der Waals surface area contributed by atoms with Crippen LogP contribution in [0.15, 0.2) is 93.6 Å². The first-order valence-electron chi connectivity index (χ1n) is 11.2. The number of methoxy groups -OCH3 is 1. The van der Waals surface area contributed by atoms with Crippen LogP contribution in [-0.2, 0) is 21.4 Å². The van der Waals surface area contributed by atoms with Crippen molar-refractivity contribution in [3.05, 3.63) is 105 Å². The maximum Gasteiger partial charge on any atom is 0.284 e. The number of amides is 1. The summed E-state index contributed by atoms with van der Waals surface area (Å²) >= 11 is 13.0. The van der Waals surface area contributed by atoms with E-state index in [9.17, 15) is 13.2 Å². The van der Waals surface area contributed by atoms with Crippen LogP contribution in [0.5, 0.6) is 11.5 Å². The molecule has 1 fully saturated rings. The minimum Gasteiger partial charge on any atom is -0.493 e. The second-order valence-corrected chi connectivity index (χ2v) is 11.4. The Morgan fingerprint density at radius 1 is 1.05 bits per heavy atom. The molecule has 1 heterocycles. The van der Waals surface area contributed by atoms with Crippen molar-refractivity contribution < 1.29 is 22.7 Å². The molecule has 38 heavy (non-hydrogen) atoms. The van der Waals surface area contributed by atoms with Crippen LogP contribution in [0.2, 0.25) is 10.0 Å². The van der Waals surface area contributed by atoms with E-state index >= 15 is 0 Å². The summed E-state index contributed by atoms with van der Waals surface area (Å²) < 4.78 is 41.0. The maximum absolute atomic E-state index is 13.1. The number of carbonyl (C=O) groups is 1. The van der Waals surface area contributed by atoms with Gasteiger partial charge in [0.1, 0.15) is 6.61 Å². The monoisotopic (exact) mass is 588 g/mol. The highest BCUT2D eigenvalue weighted by atomic mass is 35.5. The summed E-state index contributed by atoms with van der Waals surface area (Å²) in [5, 5.41) is 1.03. The van der Waals surface area contributed by atoms with Crippen LogP contribution in [0.4, 0.5) is 0 Å². The van der Waals surface area contributed by atoms with Gasteiger partial charge in [-0.15, -0.1) is 11.0 Å². The average Bonchev–Trinajstić information content (AvgIpc) is 3.17. The highest BCUT2D eigenvalue weighted by Crippen LogP contribution is 2.36. The van der Waals surface area contributed by atoms with E-state index in [1.54, 1.807) is 30.3 Å². The molecular weight excluding hydrogens is 567 g/mol. The van der Waals surface area contributed by atoms with E-state index in [-0.39, 0.29) is 23.2 Å². The average molecular weight is 590 g/mol. The lowest BCUT2D eigenvalue weighted by Crippen LogP contribution is -2.29. The van der Waals surface area contributed by atoms with Gasteiger partial charge in [0.15, 0.2) is 16.7 Å². The maximum atomic E-state index is 13.1. The lowest BCUT2D eigenvalue weighted by atomic mass is 10.1. The number of nitrogens with zero attached hydrogens (tertiary/aromatic N) is 2. The Bertz CT molecular complexity index is 1540. The molecular formula is C27H22Cl2N2O5S2. The number of carbonyl (C=O) groups excluding carboxylic acids is 1. The van der Waals surface area contributed by atoms with E-state index in [1.165, 1.54) is 42.4 Å². The summed E-state index contributed by atoms with van der Waals surface area (Å²) in [5.41, 5.74) is 1.49. The Morgan fingerprint density at radius 3 is 2.47 bits per heavy atom. The van der Waals surface area contributed by atoms with Crippen molar-refractivity contribution in [2.75, 3.05) is 13.7 Å². The van der Waals surface area contributed by atoms with Gasteiger partial charge in [0.25, 0.3) is 15.9 Å². The SMILES string of the molecule is C=CCN1C(=O)/C(=C/c2ccc(OCc3ccccc3Cl)c(OC)c2)SC1=NS(=O)(=O)c1ccc(Cl)cc1. The third kappa shape index (κ3) is 6.42. The van der Waals surface area contributed by atoms with Crippen LogP contribution in [0.1, 0.15) is 11.1 Å². The molecule has 0 saturated carbocycles. The Balaban J connectivity index is 1.59. The van der Waals surface area contributed by atoms with E-state index in [1.807, 2.05) is 18.2 Å². The quantitative estimate of drug-likeness (QED) is 0.211. The van der Waals surface area contributed by atoms with Gasteiger partial charge in [-0.05, 0) is 65.9 Å². The molecule has 0 unspecified atom stereocenters. The molecule has 1 saturated heterocycles. The van der Waals surface area contributed by atoms with E-state index in [4.69, 9.17) is 32.7 Å². The van der Waals surface area contributed by atoms with Gasteiger partial charge in [0.05, 0.1) is 16.9 Å². The minimum atomic E-state index is -4.07. The zero-order valence-corrected chi connectivity index (χ0v) is 23.3. The van der Waals surface area contributed by atoms with Gasteiger partial charge in [0.2, 0.25) is 0 Å². The molecule has 1 amide bonds. The standard InChI is InChI=1S/C27H22Cl2N2O5S2/c1-3-14-31-26(32)25(37-27(31)30-38(33,34)21-11-9-20(28)10-12-21)16-18-8-13-23(24(15-18)35-2)36-17-19-6-4-5-7-22(19)29/h3-13,15-16H,1,14,17H2,2H3/b25-16-,30-27?. The molecule has 0 atom stereocenters. The van der Waals surface area contributed by atoms with Crippen molar-refractivity contribution in [2.24, 2.45) is 4.40 Å². The Labute approximate surface area is 235 Å². The number of thioether (sulfide) groups is 1. The minimum absolute atomic E-state index is 0.0303. The molecule has 0 aromatic heterocycles. The molecule has 0 radical (unpaired) electrons. The van der Waals surface area contributed by atoms with Crippen LogP contribution in [0, 0.1) is 0 Å². The van der Waals surface area contributed by atoms with Crippen molar-refractivity contribution in [2.45, 2.75) is 11.5 Å². The van der Waals surface area contributed by atoms with E-state index in [0.717, 1.165) is 17.3 Å². The molecule has 0 N–H and O–H groups in total. The van der Waals surface area contributed by atoms with Gasteiger partial charge < -0.3 is 9.47 Å². The molecule has 11 heteroatoms. The molecule has 0 aliphatic carbocycles. The zero-order valence-electron chi connectivity index (χ0n) is 20.1. The van der Waals surface area contributed by atoms with Gasteiger partial charge in [-0.1, -0.05) is 53.5 Å². The molecule has 0 spiro atoms. The number of sulfonamides is 1. The smallest absolute Gasteiger partial charge is 0.284 e. The molecule has 196 valence electrons. The Hall–Kier alpha value is -3.24. The third-order valence-corrected chi connectivity index (χ3v) is 8.36. The van der Waals surface area contributed by atoms with Crippen molar-refractivity contribution in [3.63, 3.8) is 0 Å². The zero-order chi connectivity index (χ0) is 27.3. The first-order chi connectivity index (χ1) is 18.2. The van der Waals surface area contributed by atoms with Crippen LogP contribution < -0.4 is 9.47 Å². The number of amidine groups is 1. The fraction of sp³-hybridized carbons (Fsp3) is 0.111. The second kappa shape index (κ2) is 12.1. The Morgan fingerprint density at radius 2 is 1.79 bits per heavy atom. The highest BCUT2D eigenvalue weighted by molar-refractivity contribution is 8.19. The van der Waals surface area contributed by atoms with Crippen molar-refractivity contribution in [3.8, 4) is 11.5 Å². The largest absolute Gasteiger partial charge is 0.493 e. The normalized spacial score (nSPS) is 15.8. The van der Waals surface area contributed by atoms with Crippen molar-refractivity contribution >= 4 is 62.1 Å². The number of hydrogen-bond donors (Lipinski definition) is 0. The van der Waals surface area contributed by atoms with E-state index in [2.05, 4.69) is 11.0 Å². The van der Waals surface area contributed by atoms with Gasteiger partial charge in [-0.2, -0.15) is 8.42 Å². The lowest BCUT2D eigenvalue weighted by molar-refractivity contribution is -0.121. The summed E-state index contributed by atoms with van der Waals surface area (Å²) in [5.74, 6) is 0.575. The van der Waals surface area contributed by atoms with Gasteiger partial charge in [-0.25, -0.2) is 0 Å². The van der Waals surface area contributed by atoms with Gasteiger partial charge in [-0.3, -0.25) is 9.69 Å². The van der Waals surface area contributed by atoms with E-state index < -0.39 is 15.9 Å². The second-order valence-electron chi connectivity index (χ2n) is 7.91. The molecule has 1 aliphatic heterocycles. The predicted molar refractivity (Wildman–Crippen MR) is 152 cm³/mol. The molecule has 1 aliphatic rings. The van der Waals surface area contributed by atoms with Crippen LogP contribution >= 0.6 is 35.0 Å². The topological polar surface area (TPSA) is 85.3 Å². The number of benzene rings is 3. The summed E-state index contributed by atoms with van der Waals surface area (Å²) in [4.78, 5) is 14.6. The molecule has 7 nitrogen and oxygen atoms in total. The molecule has 0 bridgehead atoms. The fourth-order valence-electron chi connectivity index (χ4n) is 3.44. The van der Waals surface area contributed by atoms with Crippen LogP contribution in [-0.4, -0.2) is 38.0 Å². The van der Waals surface area contributed by atoms with Crippen molar-refractivity contribution in [1.82, 2.24) is 4.90 Å². The first-order valence-corrected chi connectivity index (χ1v) is 14.2. The lowest BCUT2D eigenvalue weighted by Gasteiger charge is -2.13. The summed E-state index contributed by atoms with van der Waals surface area (Å²) in [6, 6.07) is 18.2. The number of halogens is 2. The van der Waals surface area contributed by atoms with Crippen LogP contribution in [0.25, 0.3) is 6.08 Å². The first kappa shape index (κ1) is 27.8. The van der Waals surface area contributed by atoms with E-state index in [0.29, 0.717) is 32.0 Å². The van der Waals surface area contributed by atoms with Crippen LogP contribution in [0.3, 0.4) is 0 Å². The summed E-state index contributed by atoms with van der Waals surface area (Å²) in [6.45, 7) is 4.01. The fourth-order valence-corrected chi connectivity index (χ4v) is 5.95. The van der Waals surface area contributed by atoms with Crippen molar-refractivity contribution in [1.29, 1.82) is 0 Å². The molecule has 3 aromatic carbocycles. The number of ether oxygens (including phenoxy) is 2. The van der Waals surface area contributed by atoms with Gasteiger partial charge >= 0.3 is 0 Å². The molecule has 3 aromatic rings. The predicted octanol–water partition coefficient (Wildman–Crippen LogP) is 6.43. The number of hydrogen-bond acceptors (Lipinski definition) is 6. The summed E-state index contributed by atoms with van der Waals surface area (Å²) in [6.07, 6.45) is 3.14. The molecule has 4 rings (SSSR count). The Kier molecular flexibility index (Phi) is 8.83. The van der Waals surface area contributed by atoms with Gasteiger partial charge in [0, 0.05) is 22.2 Å².